The predicted molar refractivity (Wildman–Crippen MR) is 169 cm³/mol. The molecule has 4 heterocycles. The Hall–Kier alpha value is -5.39. The number of H-pyrrole nitrogens is 1. The number of amides is 2. The van der Waals surface area contributed by atoms with Crippen molar-refractivity contribution in [3.05, 3.63) is 95.7 Å². The Labute approximate surface area is 265 Å². The van der Waals surface area contributed by atoms with Crippen LogP contribution in [0.1, 0.15) is 42.4 Å². The van der Waals surface area contributed by atoms with Crippen molar-refractivity contribution in [3.8, 4) is 5.75 Å². The van der Waals surface area contributed by atoms with Crippen LogP contribution in [0.4, 0.5) is 19.8 Å². The summed E-state index contributed by atoms with van der Waals surface area (Å²) < 4.78 is 30.0. The molecular formula is C34H34FN5O6. The molecule has 2 amide bonds. The van der Waals surface area contributed by atoms with Crippen LogP contribution in [0.3, 0.4) is 0 Å². The van der Waals surface area contributed by atoms with E-state index in [0.717, 1.165) is 16.8 Å². The fraction of sp³-hybridized carbons (Fsp3) is 0.294. The number of pyridine rings is 1. The Morgan fingerprint density at radius 1 is 0.978 bits per heavy atom. The van der Waals surface area contributed by atoms with E-state index in [0.29, 0.717) is 43.1 Å². The highest BCUT2D eigenvalue weighted by atomic mass is 19.1. The molecule has 1 fully saturated rings. The lowest BCUT2D eigenvalue weighted by Gasteiger charge is -2.34. The number of carbonyl (C=O) groups is 3. The second kappa shape index (κ2) is 12.5. The van der Waals surface area contributed by atoms with E-state index in [1.165, 1.54) is 35.4 Å². The highest BCUT2D eigenvalue weighted by Gasteiger charge is 2.37. The number of nitrogens with zero attached hydrogens (tertiary/aromatic N) is 4. The molecule has 6 rings (SSSR count). The number of fused-ring (bicyclic) bond motifs is 3. The van der Waals surface area contributed by atoms with E-state index in [1.54, 1.807) is 30.2 Å². The van der Waals surface area contributed by atoms with E-state index < -0.39 is 23.5 Å². The first kappa shape index (κ1) is 30.6. The maximum Gasteiger partial charge on any atom is 0.513 e. The van der Waals surface area contributed by atoms with Crippen molar-refractivity contribution in [2.45, 2.75) is 26.2 Å². The van der Waals surface area contributed by atoms with Gasteiger partial charge < -0.3 is 33.9 Å². The molecule has 12 heteroatoms. The van der Waals surface area contributed by atoms with Gasteiger partial charge in [-0.05, 0) is 61.0 Å². The molecule has 46 heavy (non-hydrogen) atoms. The summed E-state index contributed by atoms with van der Waals surface area (Å²) in [4.78, 5) is 52.1. The van der Waals surface area contributed by atoms with Gasteiger partial charge in [0.2, 0.25) is 0 Å². The third-order valence-corrected chi connectivity index (χ3v) is 8.06. The van der Waals surface area contributed by atoms with Crippen LogP contribution in [0.15, 0.2) is 73.1 Å². The summed E-state index contributed by atoms with van der Waals surface area (Å²) >= 11 is 0. The number of carbonyl (C=O) groups excluding carboxylic acids is 3. The van der Waals surface area contributed by atoms with Crippen LogP contribution in [-0.4, -0.2) is 77.3 Å². The Morgan fingerprint density at radius 2 is 1.74 bits per heavy atom. The minimum absolute atomic E-state index is 0.0787. The van der Waals surface area contributed by atoms with Crippen molar-refractivity contribution in [1.82, 2.24) is 19.8 Å². The number of hydrogen-bond acceptors (Lipinski definition) is 8. The molecule has 2 aliphatic heterocycles. The molecule has 2 aliphatic rings. The number of piperazine rings is 1. The average Bonchev–Trinajstić information content (AvgIpc) is 3.40. The molecule has 0 radical (unpaired) electrons. The van der Waals surface area contributed by atoms with Gasteiger partial charge >= 0.3 is 12.2 Å². The zero-order valence-corrected chi connectivity index (χ0v) is 25.8. The van der Waals surface area contributed by atoms with Gasteiger partial charge in [0.25, 0.3) is 5.91 Å². The number of aromatic nitrogens is 2. The first-order valence-electron chi connectivity index (χ1n) is 15.1. The monoisotopic (exact) mass is 627 g/mol. The summed E-state index contributed by atoms with van der Waals surface area (Å²) in [6.45, 7) is 8.20. The number of ether oxygens (including phenoxy) is 3. The fourth-order valence-corrected chi connectivity index (χ4v) is 5.91. The average molecular weight is 628 g/mol. The largest absolute Gasteiger partial charge is 0.513 e. The van der Waals surface area contributed by atoms with Gasteiger partial charge in [-0.1, -0.05) is 19.9 Å². The van der Waals surface area contributed by atoms with Gasteiger partial charge in [-0.2, -0.15) is 0 Å². The highest BCUT2D eigenvalue weighted by molar-refractivity contribution is 5.97. The van der Waals surface area contributed by atoms with Gasteiger partial charge in [0.1, 0.15) is 17.4 Å². The molecule has 2 aromatic heterocycles. The fourth-order valence-electron chi connectivity index (χ4n) is 5.91. The molecule has 2 aromatic carbocycles. The highest BCUT2D eigenvalue weighted by Crippen LogP contribution is 2.41. The SMILES string of the molecule is CCOC(=O)OC1=CN(C(=O)c2ccc(F)cc2)CC(C)(C)c2c1[nH]c1cc(OC(=O)N3CCN(c4ccccn4)CC3)ccc21. The molecule has 4 aromatic rings. The minimum Gasteiger partial charge on any atom is -0.434 e. The lowest BCUT2D eigenvalue weighted by atomic mass is 9.82. The Balaban J connectivity index is 1.27. The topological polar surface area (TPSA) is 117 Å². The van der Waals surface area contributed by atoms with Gasteiger partial charge in [-0.3, -0.25) is 4.79 Å². The van der Waals surface area contributed by atoms with Crippen molar-refractivity contribution >= 4 is 40.6 Å². The lowest BCUT2D eigenvalue weighted by Crippen LogP contribution is -2.49. The third kappa shape index (κ3) is 6.23. The molecule has 238 valence electrons. The quantitative estimate of drug-likeness (QED) is 0.271. The van der Waals surface area contributed by atoms with Gasteiger partial charge in [-0.15, -0.1) is 0 Å². The minimum atomic E-state index is -0.926. The van der Waals surface area contributed by atoms with Gasteiger partial charge in [0, 0.05) is 66.9 Å². The molecule has 1 saturated heterocycles. The zero-order chi connectivity index (χ0) is 32.4. The molecule has 0 aliphatic carbocycles. The van der Waals surface area contributed by atoms with Crippen LogP contribution >= 0.6 is 0 Å². The van der Waals surface area contributed by atoms with Gasteiger partial charge in [0.15, 0.2) is 5.76 Å². The summed E-state index contributed by atoms with van der Waals surface area (Å²) in [6.07, 6.45) is 1.83. The molecule has 0 unspecified atom stereocenters. The Morgan fingerprint density at radius 3 is 2.43 bits per heavy atom. The van der Waals surface area contributed by atoms with Crippen molar-refractivity contribution in [2.75, 3.05) is 44.2 Å². The standard InChI is InChI=1S/C34H34FN5O6/c1-4-44-33(43)46-27-20-40(31(41)22-8-10-23(35)11-9-22)21-34(2,3)29-25-13-12-24(19-26(25)37-30(27)29)45-32(42)39-17-15-38(16-18-39)28-7-5-6-14-36-28/h5-14,19-20,37H,4,15-18,21H2,1-3H3. The molecule has 0 bridgehead atoms. The molecule has 0 atom stereocenters. The molecule has 0 saturated carbocycles. The second-order valence-corrected chi connectivity index (χ2v) is 11.7. The first-order chi connectivity index (χ1) is 22.1. The number of rotatable bonds is 5. The van der Waals surface area contributed by atoms with E-state index in [-0.39, 0.29) is 30.4 Å². The molecule has 0 spiro atoms. The van der Waals surface area contributed by atoms with E-state index >= 15 is 0 Å². The summed E-state index contributed by atoms with van der Waals surface area (Å²) in [5, 5.41) is 0.804. The van der Waals surface area contributed by atoms with Crippen LogP contribution < -0.4 is 9.64 Å². The van der Waals surface area contributed by atoms with Crippen LogP contribution in [0.2, 0.25) is 0 Å². The number of hydrogen-bond donors (Lipinski definition) is 1. The van der Waals surface area contributed by atoms with E-state index in [9.17, 15) is 18.8 Å². The summed E-state index contributed by atoms with van der Waals surface area (Å²) in [5.41, 5.74) is 1.57. The van der Waals surface area contributed by atoms with Crippen molar-refractivity contribution in [1.29, 1.82) is 0 Å². The number of halogens is 1. The maximum atomic E-state index is 13.6. The van der Waals surface area contributed by atoms with E-state index in [4.69, 9.17) is 14.2 Å². The smallest absolute Gasteiger partial charge is 0.434 e. The second-order valence-electron chi connectivity index (χ2n) is 11.7. The number of aromatic amines is 1. The molecule has 1 N–H and O–H groups in total. The van der Waals surface area contributed by atoms with Gasteiger partial charge in [-0.25, -0.2) is 19.0 Å². The van der Waals surface area contributed by atoms with Crippen LogP contribution in [-0.2, 0) is 14.9 Å². The Kier molecular flexibility index (Phi) is 8.35. The van der Waals surface area contributed by atoms with Crippen molar-refractivity contribution in [2.24, 2.45) is 0 Å². The maximum absolute atomic E-state index is 13.6. The summed E-state index contributed by atoms with van der Waals surface area (Å²) in [7, 11) is 0. The van der Waals surface area contributed by atoms with Gasteiger partial charge in [0.05, 0.1) is 18.5 Å². The number of benzene rings is 2. The molecular weight excluding hydrogens is 593 g/mol. The van der Waals surface area contributed by atoms with Crippen molar-refractivity contribution in [3.63, 3.8) is 0 Å². The van der Waals surface area contributed by atoms with E-state index in [2.05, 4.69) is 14.9 Å². The van der Waals surface area contributed by atoms with Crippen LogP contribution in [0, 0.1) is 5.82 Å². The molecule has 11 nitrogen and oxygen atoms in total. The predicted octanol–water partition coefficient (Wildman–Crippen LogP) is 5.93. The summed E-state index contributed by atoms with van der Waals surface area (Å²) in [5.74, 6) is 0.462. The number of nitrogens with one attached hydrogen (secondary N) is 1. The first-order valence-corrected chi connectivity index (χ1v) is 15.1. The third-order valence-electron chi connectivity index (χ3n) is 8.06. The van der Waals surface area contributed by atoms with Crippen LogP contribution in [0.25, 0.3) is 16.7 Å². The zero-order valence-electron chi connectivity index (χ0n) is 25.8. The van der Waals surface area contributed by atoms with Crippen LogP contribution in [0.5, 0.6) is 5.75 Å². The Bertz CT molecular complexity index is 1800. The lowest BCUT2D eigenvalue weighted by molar-refractivity contribution is 0.0788. The summed E-state index contributed by atoms with van der Waals surface area (Å²) in [6, 6.07) is 16.3. The number of anilines is 1. The van der Waals surface area contributed by atoms with E-state index in [1.807, 2.05) is 38.1 Å². The normalized spacial score (nSPS) is 15.9. The van der Waals surface area contributed by atoms with Crippen molar-refractivity contribution < 1.29 is 33.0 Å².